The molecule has 3 heteroatoms. The van der Waals surface area contributed by atoms with Gasteiger partial charge in [-0.1, -0.05) is 20.3 Å². The Labute approximate surface area is 98.1 Å². The molecule has 1 aliphatic carbocycles. The number of nitrogens with zero attached hydrogens (tertiary/aromatic N) is 1. The number of methoxy groups -OCH3 is 1. The van der Waals surface area contributed by atoms with E-state index < -0.39 is 0 Å². The van der Waals surface area contributed by atoms with E-state index in [-0.39, 0.29) is 6.04 Å². The molecule has 1 saturated carbocycles. The molecule has 1 amide bonds. The summed E-state index contributed by atoms with van der Waals surface area (Å²) in [5.41, 5.74) is 0. The molecule has 1 saturated heterocycles. The molecule has 92 valence electrons. The van der Waals surface area contributed by atoms with Crippen LogP contribution in [0.25, 0.3) is 0 Å². The predicted molar refractivity (Wildman–Crippen MR) is 63.1 cm³/mol. The number of fused-ring (bicyclic) bond motifs is 1. The maximum absolute atomic E-state index is 12.1. The van der Waals surface area contributed by atoms with Crippen molar-refractivity contribution >= 4 is 5.91 Å². The Kier molecular flexibility index (Phi) is 3.53. The van der Waals surface area contributed by atoms with Crippen molar-refractivity contribution in [2.45, 2.75) is 51.6 Å². The second-order valence-corrected chi connectivity index (χ2v) is 5.53. The minimum Gasteiger partial charge on any atom is -0.383 e. The molecular formula is C13H23NO2. The van der Waals surface area contributed by atoms with Crippen molar-refractivity contribution in [3.8, 4) is 0 Å². The zero-order valence-electron chi connectivity index (χ0n) is 10.6. The fourth-order valence-corrected chi connectivity index (χ4v) is 3.33. The average Bonchev–Trinajstić information content (AvgIpc) is 2.74. The van der Waals surface area contributed by atoms with E-state index in [2.05, 4.69) is 18.7 Å². The first kappa shape index (κ1) is 11.9. The Morgan fingerprint density at radius 2 is 2.19 bits per heavy atom. The highest BCUT2D eigenvalue weighted by Gasteiger charge is 2.45. The number of carbonyl (C=O) groups excluding carboxylic acids is 1. The van der Waals surface area contributed by atoms with Crippen LogP contribution < -0.4 is 0 Å². The number of amides is 1. The van der Waals surface area contributed by atoms with Gasteiger partial charge in [0.05, 0.1) is 12.6 Å². The highest BCUT2D eigenvalue weighted by atomic mass is 16.5. The van der Waals surface area contributed by atoms with Crippen molar-refractivity contribution in [2.75, 3.05) is 13.7 Å². The minimum absolute atomic E-state index is 0.269. The van der Waals surface area contributed by atoms with Gasteiger partial charge in [-0.3, -0.25) is 4.79 Å². The first-order valence-electron chi connectivity index (χ1n) is 6.45. The van der Waals surface area contributed by atoms with Crippen molar-refractivity contribution < 1.29 is 9.53 Å². The molecule has 0 N–H and O–H groups in total. The Morgan fingerprint density at radius 1 is 1.44 bits per heavy atom. The van der Waals surface area contributed by atoms with Gasteiger partial charge >= 0.3 is 0 Å². The van der Waals surface area contributed by atoms with Gasteiger partial charge in [0.15, 0.2) is 0 Å². The molecule has 0 spiro atoms. The Hall–Kier alpha value is -0.570. The number of likely N-dealkylation sites (tertiary alicyclic amines) is 1. The first-order chi connectivity index (χ1) is 7.65. The van der Waals surface area contributed by atoms with Gasteiger partial charge in [0.2, 0.25) is 5.91 Å². The monoisotopic (exact) mass is 225 g/mol. The summed E-state index contributed by atoms with van der Waals surface area (Å²) in [7, 11) is 1.72. The number of ether oxygens (including phenoxy) is 1. The molecule has 2 aliphatic rings. The standard InChI is InChI=1S/C13H23NO2/c1-9(2)12(8-16-3)14-11-6-4-5-10(11)7-13(14)15/h9-12H,4-8H2,1-3H3/t10-,11-,12+/m0/s1. The van der Waals surface area contributed by atoms with Crippen molar-refractivity contribution in [1.82, 2.24) is 4.90 Å². The smallest absolute Gasteiger partial charge is 0.223 e. The fraction of sp³-hybridized carbons (Fsp3) is 0.923. The zero-order valence-corrected chi connectivity index (χ0v) is 10.6. The van der Waals surface area contributed by atoms with Gasteiger partial charge < -0.3 is 9.64 Å². The molecular weight excluding hydrogens is 202 g/mol. The van der Waals surface area contributed by atoms with E-state index in [1.54, 1.807) is 7.11 Å². The first-order valence-corrected chi connectivity index (χ1v) is 6.45. The zero-order chi connectivity index (χ0) is 11.7. The van der Waals surface area contributed by atoms with E-state index in [1.807, 2.05) is 0 Å². The van der Waals surface area contributed by atoms with E-state index in [9.17, 15) is 4.79 Å². The quantitative estimate of drug-likeness (QED) is 0.733. The van der Waals surface area contributed by atoms with Gasteiger partial charge in [-0.25, -0.2) is 0 Å². The average molecular weight is 225 g/mol. The van der Waals surface area contributed by atoms with E-state index in [1.165, 1.54) is 19.3 Å². The third kappa shape index (κ3) is 1.97. The molecule has 16 heavy (non-hydrogen) atoms. The van der Waals surface area contributed by atoms with Crippen molar-refractivity contribution in [2.24, 2.45) is 11.8 Å². The molecule has 2 fully saturated rings. The summed E-state index contributed by atoms with van der Waals surface area (Å²) in [6.07, 6.45) is 4.50. The highest BCUT2D eigenvalue weighted by Crippen LogP contribution is 2.40. The van der Waals surface area contributed by atoms with Crippen molar-refractivity contribution in [3.63, 3.8) is 0 Å². The summed E-state index contributed by atoms with van der Waals surface area (Å²) in [6, 6.07) is 0.778. The molecule has 0 aromatic rings. The summed E-state index contributed by atoms with van der Waals surface area (Å²) in [6.45, 7) is 5.03. The number of rotatable bonds is 4. The Bertz CT molecular complexity index is 265. The van der Waals surface area contributed by atoms with E-state index in [4.69, 9.17) is 4.74 Å². The van der Waals surface area contributed by atoms with Crippen LogP contribution in [0.2, 0.25) is 0 Å². The summed E-state index contributed by atoms with van der Waals surface area (Å²) in [4.78, 5) is 14.2. The minimum atomic E-state index is 0.269. The molecule has 1 heterocycles. The molecule has 0 radical (unpaired) electrons. The molecule has 0 bridgehead atoms. The van der Waals surface area contributed by atoms with Crippen LogP contribution in [-0.2, 0) is 9.53 Å². The third-order valence-electron chi connectivity index (χ3n) is 4.17. The van der Waals surface area contributed by atoms with Crippen LogP contribution >= 0.6 is 0 Å². The van der Waals surface area contributed by atoms with E-state index >= 15 is 0 Å². The summed E-state index contributed by atoms with van der Waals surface area (Å²) in [5.74, 6) is 1.46. The number of hydrogen-bond acceptors (Lipinski definition) is 2. The SMILES string of the molecule is COC[C@H](C(C)C)N1C(=O)C[C@@H]2CCC[C@@H]21. The van der Waals surface area contributed by atoms with Crippen LogP contribution in [0.15, 0.2) is 0 Å². The maximum Gasteiger partial charge on any atom is 0.223 e. The summed E-state index contributed by atoms with van der Waals surface area (Å²) in [5, 5.41) is 0. The van der Waals surface area contributed by atoms with Crippen LogP contribution in [0.3, 0.4) is 0 Å². The van der Waals surface area contributed by atoms with Gasteiger partial charge in [0, 0.05) is 19.6 Å². The lowest BCUT2D eigenvalue weighted by atomic mass is 10.0. The highest BCUT2D eigenvalue weighted by molar-refractivity contribution is 5.80. The third-order valence-corrected chi connectivity index (χ3v) is 4.17. The number of hydrogen-bond donors (Lipinski definition) is 0. The van der Waals surface area contributed by atoms with Crippen molar-refractivity contribution in [1.29, 1.82) is 0 Å². The van der Waals surface area contributed by atoms with Gasteiger partial charge in [-0.05, 0) is 24.7 Å². The second kappa shape index (κ2) is 4.74. The van der Waals surface area contributed by atoms with Crippen LogP contribution in [0.1, 0.15) is 39.5 Å². The van der Waals surface area contributed by atoms with Crippen LogP contribution in [-0.4, -0.2) is 36.6 Å². The Morgan fingerprint density at radius 3 is 2.81 bits per heavy atom. The maximum atomic E-state index is 12.1. The van der Waals surface area contributed by atoms with Gasteiger partial charge in [-0.15, -0.1) is 0 Å². The normalized spacial score (nSPS) is 31.2. The molecule has 0 aromatic carbocycles. The van der Waals surface area contributed by atoms with Crippen LogP contribution in [0, 0.1) is 11.8 Å². The van der Waals surface area contributed by atoms with Gasteiger partial charge in [-0.2, -0.15) is 0 Å². The van der Waals surface area contributed by atoms with Crippen LogP contribution in [0.4, 0.5) is 0 Å². The fourth-order valence-electron chi connectivity index (χ4n) is 3.33. The van der Waals surface area contributed by atoms with E-state index in [0.29, 0.717) is 30.4 Å². The molecule has 0 aromatic heterocycles. The van der Waals surface area contributed by atoms with Gasteiger partial charge in [0.25, 0.3) is 0 Å². The number of carbonyl (C=O) groups is 1. The molecule has 3 nitrogen and oxygen atoms in total. The predicted octanol–water partition coefficient (Wildman–Crippen LogP) is 2.06. The summed E-state index contributed by atoms with van der Waals surface area (Å²) >= 11 is 0. The lowest BCUT2D eigenvalue weighted by Crippen LogP contribution is -2.47. The van der Waals surface area contributed by atoms with Gasteiger partial charge in [0.1, 0.15) is 0 Å². The molecule has 2 rings (SSSR count). The topological polar surface area (TPSA) is 29.5 Å². The molecule has 3 atom stereocenters. The lowest BCUT2D eigenvalue weighted by Gasteiger charge is -2.35. The van der Waals surface area contributed by atoms with E-state index in [0.717, 1.165) is 6.42 Å². The van der Waals surface area contributed by atoms with Crippen LogP contribution in [0.5, 0.6) is 0 Å². The van der Waals surface area contributed by atoms with Crippen molar-refractivity contribution in [3.05, 3.63) is 0 Å². The molecule has 1 aliphatic heterocycles. The molecule has 0 unspecified atom stereocenters. The summed E-state index contributed by atoms with van der Waals surface area (Å²) < 4.78 is 5.28. The Balaban J connectivity index is 2.13. The second-order valence-electron chi connectivity index (χ2n) is 5.53. The largest absolute Gasteiger partial charge is 0.383 e. The lowest BCUT2D eigenvalue weighted by molar-refractivity contribution is -0.133.